The van der Waals surface area contributed by atoms with Crippen LogP contribution in [0.2, 0.25) is 0 Å². The second kappa shape index (κ2) is 3.89. The molecule has 2 unspecified atom stereocenters. The summed E-state index contributed by atoms with van der Waals surface area (Å²) in [5, 5.41) is 0. The van der Waals surface area contributed by atoms with Crippen molar-refractivity contribution in [2.24, 2.45) is 17.8 Å². The monoisotopic (exact) mass is 197 g/mol. The average Bonchev–Trinajstić information content (AvgIpc) is 2.89. The van der Waals surface area contributed by atoms with E-state index in [0.29, 0.717) is 5.92 Å². The highest BCUT2D eigenvalue weighted by Crippen LogP contribution is 2.33. The van der Waals surface area contributed by atoms with Crippen molar-refractivity contribution < 1.29 is 9.53 Å². The Morgan fingerprint density at radius 2 is 2.14 bits per heavy atom. The van der Waals surface area contributed by atoms with Crippen molar-refractivity contribution in [2.45, 2.75) is 19.8 Å². The zero-order valence-electron chi connectivity index (χ0n) is 9.03. The molecule has 0 amide bonds. The van der Waals surface area contributed by atoms with Crippen molar-refractivity contribution in [3.8, 4) is 0 Å². The van der Waals surface area contributed by atoms with Gasteiger partial charge in [-0.3, -0.25) is 4.79 Å². The molecule has 3 heteroatoms. The summed E-state index contributed by atoms with van der Waals surface area (Å²) in [6.45, 7) is 5.31. The van der Waals surface area contributed by atoms with Crippen LogP contribution in [0.15, 0.2) is 0 Å². The molecule has 3 nitrogen and oxygen atoms in total. The van der Waals surface area contributed by atoms with Gasteiger partial charge in [0.15, 0.2) is 0 Å². The van der Waals surface area contributed by atoms with Gasteiger partial charge < -0.3 is 9.64 Å². The predicted molar refractivity (Wildman–Crippen MR) is 53.8 cm³/mol. The number of esters is 1. The lowest BCUT2D eigenvalue weighted by molar-refractivity contribution is -0.146. The number of carbonyl (C=O) groups is 1. The highest BCUT2D eigenvalue weighted by atomic mass is 16.5. The Bertz CT molecular complexity index is 225. The summed E-state index contributed by atoms with van der Waals surface area (Å²) in [6, 6.07) is 0. The van der Waals surface area contributed by atoms with Crippen LogP contribution in [0.5, 0.6) is 0 Å². The zero-order valence-corrected chi connectivity index (χ0v) is 9.03. The number of rotatable bonds is 3. The molecule has 1 heterocycles. The van der Waals surface area contributed by atoms with Gasteiger partial charge in [0.25, 0.3) is 0 Å². The molecule has 1 aliphatic heterocycles. The van der Waals surface area contributed by atoms with Crippen molar-refractivity contribution in [3.05, 3.63) is 0 Å². The summed E-state index contributed by atoms with van der Waals surface area (Å²) in [6.07, 6.45) is 2.77. The van der Waals surface area contributed by atoms with Crippen molar-refractivity contribution in [1.82, 2.24) is 4.90 Å². The third kappa shape index (κ3) is 2.08. The first-order valence-corrected chi connectivity index (χ1v) is 5.51. The maximum absolute atomic E-state index is 11.4. The molecule has 2 fully saturated rings. The molecular weight excluding hydrogens is 178 g/mol. The number of ether oxygens (including phenoxy) is 1. The molecule has 0 aromatic heterocycles. The van der Waals surface area contributed by atoms with Crippen molar-refractivity contribution in [1.29, 1.82) is 0 Å². The standard InChI is InChI=1S/C11H19NO2/c1-8-5-12(6-9-3-4-9)7-10(8)11(13)14-2/h8-10H,3-7H2,1-2H3. The third-order valence-corrected chi connectivity index (χ3v) is 3.41. The maximum atomic E-state index is 11.4. The van der Waals surface area contributed by atoms with E-state index in [1.807, 2.05) is 0 Å². The van der Waals surface area contributed by atoms with Gasteiger partial charge in [-0.2, -0.15) is 0 Å². The van der Waals surface area contributed by atoms with E-state index >= 15 is 0 Å². The first kappa shape index (κ1) is 9.97. The average molecular weight is 197 g/mol. The Morgan fingerprint density at radius 1 is 1.43 bits per heavy atom. The van der Waals surface area contributed by atoms with Crippen LogP contribution in [0.1, 0.15) is 19.8 Å². The van der Waals surface area contributed by atoms with Gasteiger partial charge in [0.05, 0.1) is 13.0 Å². The summed E-state index contributed by atoms with van der Waals surface area (Å²) in [5.41, 5.74) is 0. The lowest BCUT2D eigenvalue weighted by Crippen LogP contribution is -2.26. The minimum atomic E-state index is -0.0317. The lowest BCUT2D eigenvalue weighted by atomic mass is 9.99. The smallest absolute Gasteiger partial charge is 0.310 e. The fourth-order valence-corrected chi connectivity index (χ4v) is 2.34. The number of hydrogen-bond acceptors (Lipinski definition) is 3. The normalized spacial score (nSPS) is 33.3. The molecule has 0 bridgehead atoms. The van der Waals surface area contributed by atoms with Crippen LogP contribution in [0.3, 0.4) is 0 Å². The van der Waals surface area contributed by atoms with Gasteiger partial charge in [0, 0.05) is 19.6 Å². The maximum Gasteiger partial charge on any atom is 0.310 e. The third-order valence-electron chi connectivity index (χ3n) is 3.41. The SMILES string of the molecule is COC(=O)C1CN(CC2CC2)CC1C. The fraction of sp³-hybridized carbons (Fsp3) is 0.909. The summed E-state index contributed by atoms with van der Waals surface area (Å²) < 4.78 is 4.81. The van der Waals surface area contributed by atoms with Gasteiger partial charge in [0.1, 0.15) is 0 Å². The second-order valence-corrected chi connectivity index (χ2v) is 4.77. The first-order chi connectivity index (χ1) is 6.70. The summed E-state index contributed by atoms with van der Waals surface area (Å²) in [5.74, 6) is 1.45. The van der Waals surface area contributed by atoms with Gasteiger partial charge in [0.2, 0.25) is 0 Å². The minimum absolute atomic E-state index is 0.0317. The molecule has 1 aliphatic carbocycles. The van der Waals surface area contributed by atoms with Crippen LogP contribution >= 0.6 is 0 Å². The van der Waals surface area contributed by atoms with Crippen molar-refractivity contribution >= 4 is 5.97 Å². The highest BCUT2D eigenvalue weighted by molar-refractivity contribution is 5.73. The Hall–Kier alpha value is -0.570. The second-order valence-electron chi connectivity index (χ2n) is 4.77. The lowest BCUT2D eigenvalue weighted by Gasteiger charge is -2.14. The van der Waals surface area contributed by atoms with Gasteiger partial charge in [-0.05, 0) is 24.7 Å². The molecule has 0 spiro atoms. The number of nitrogens with zero attached hydrogens (tertiary/aromatic N) is 1. The van der Waals surface area contributed by atoms with Crippen LogP contribution in [0.4, 0.5) is 0 Å². The summed E-state index contributed by atoms with van der Waals surface area (Å²) >= 11 is 0. The Kier molecular flexibility index (Phi) is 2.77. The van der Waals surface area contributed by atoms with E-state index in [-0.39, 0.29) is 11.9 Å². The predicted octanol–water partition coefficient (Wildman–Crippen LogP) is 1.14. The molecule has 80 valence electrons. The van der Waals surface area contributed by atoms with Gasteiger partial charge in [-0.15, -0.1) is 0 Å². The van der Waals surface area contributed by atoms with Crippen LogP contribution in [0, 0.1) is 17.8 Å². The molecule has 0 aromatic carbocycles. The van der Waals surface area contributed by atoms with Gasteiger partial charge in [-0.1, -0.05) is 6.92 Å². The molecule has 1 saturated heterocycles. The van der Waals surface area contributed by atoms with Crippen LogP contribution < -0.4 is 0 Å². The summed E-state index contributed by atoms with van der Waals surface area (Å²) in [7, 11) is 1.48. The number of likely N-dealkylation sites (tertiary alicyclic amines) is 1. The van der Waals surface area contributed by atoms with E-state index in [2.05, 4.69) is 11.8 Å². The Labute approximate surface area is 85.4 Å². The van der Waals surface area contributed by atoms with E-state index in [1.165, 1.54) is 26.5 Å². The summed E-state index contributed by atoms with van der Waals surface area (Å²) in [4.78, 5) is 13.8. The van der Waals surface area contributed by atoms with Gasteiger partial charge in [-0.25, -0.2) is 0 Å². The van der Waals surface area contributed by atoms with E-state index in [4.69, 9.17) is 4.74 Å². The first-order valence-electron chi connectivity index (χ1n) is 5.51. The largest absolute Gasteiger partial charge is 0.469 e. The molecule has 0 aromatic rings. The molecule has 2 rings (SSSR count). The molecule has 14 heavy (non-hydrogen) atoms. The molecule has 0 radical (unpaired) electrons. The van der Waals surface area contributed by atoms with Crippen molar-refractivity contribution in [3.63, 3.8) is 0 Å². The van der Waals surface area contributed by atoms with Crippen LogP contribution in [-0.2, 0) is 9.53 Å². The topological polar surface area (TPSA) is 29.5 Å². The molecule has 1 saturated carbocycles. The quantitative estimate of drug-likeness (QED) is 0.635. The number of hydrogen-bond donors (Lipinski definition) is 0. The van der Waals surface area contributed by atoms with Crippen LogP contribution in [-0.4, -0.2) is 37.6 Å². The molecule has 2 aliphatic rings. The Morgan fingerprint density at radius 3 is 2.71 bits per heavy atom. The Balaban J connectivity index is 1.85. The van der Waals surface area contributed by atoms with Crippen molar-refractivity contribution in [2.75, 3.05) is 26.7 Å². The van der Waals surface area contributed by atoms with E-state index in [9.17, 15) is 4.79 Å². The highest BCUT2D eigenvalue weighted by Gasteiger charge is 2.37. The van der Waals surface area contributed by atoms with Gasteiger partial charge >= 0.3 is 5.97 Å². The number of carbonyl (C=O) groups excluding carboxylic acids is 1. The molecular formula is C11H19NO2. The van der Waals surface area contributed by atoms with Crippen LogP contribution in [0.25, 0.3) is 0 Å². The van der Waals surface area contributed by atoms with E-state index in [0.717, 1.165) is 19.0 Å². The number of methoxy groups -OCH3 is 1. The molecule has 2 atom stereocenters. The van der Waals surface area contributed by atoms with E-state index < -0.39 is 0 Å². The van der Waals surface area contributed by atoms with E-state index in [1.54, 1.807) is 0 Å². The molecule has 0 N–H and O–H groups in total. The zero-order chi connectivity index (χ0) is 10.1. The minimum Gasteiger partial charge on any atom is -0.469 e. The fourth-order valence-electron chi connectivity index (χ4n) is 2.34.